The standard InChI is InChI=1S/C25H28/c1-18(2)22-10-7-11-23(16-22)19(3)12-13-20(4)24-15-14-21-8-5-6-9-25(21)17-24/h5-11,13-19H,12H2,1-4H3. The van der Waals surface area contributed by atoms with E-state index in [9.17, 15) is 0 Å². The Kier molecular flexibility index (Phi) is 5.38. The predicted octanol–water partition coefficient (Wildman–Crippen LogP) is 7.56. The van der Waals surface area contributed by atoms with Gasteiger partial charge in [-0.25, -0.2) is 0 Å². The van der Waals surface area contributed by atoms with Gasteiger partial charge in [0.15, 0.2) is 0 Å². The molecule has 0 bridgehead atoms. The van der Waals surface area contributed by atoms with E-state index >= 15 is 0 Å². The van der Waals surface area contributed by atoms with Gasteiger partial charge >= 0.3 is 0 Å². The first-order chi connectivity index (χ1) is 12.0. The predicted molar refractivity (Wildman–Crippen MR) is 111 cm³/mol. The van der Waals surface area contributed by atoms with E-state index in [0.29, 0.717) is 11.8 Å². The summed E-state index contributed by atoms with van der Waals surface area (Å²) in [5.74, 6) is 1.12. The van der Waals surface area contributed by atoms with Gasteiger partial charge in [-0.1, -0.05) is 87.5 Å². The average molecular weight is 328 g/mol. The lowest BCUT2D eigenvalue weighted by Gasteiger charge is -2.14. The second-order valence-corrected chi connectivity index (χ2v) is 7.41. The molecule has 0 aliphatic rings. The molecule has 0 fully saturated rings. The molecule has 0 heteroatoms. The van der Waals surface area contributed by atoms with Gasteiger partial charge in [0.05, 0.1) is 0 Å². The summed E-state index contributed by atoms with van der Waals surface area (Å²) in [6.07, 6.45) is 3.46. The molecule has 0 saturated carbocycles. The van der Waals surface area contributed by atoms with Crippen LogP contribution in [0.25, 0.3) is 16.3 Å². The second-order valence-electron chi connectivity index (χ2n) is 7.41. The van der Waals surface area contributed by atoms with Gasteiger partial charge in [-0.3, -0.25) is 0 Å². The van der Waals surface area contributed by atoms with Crippen LogP contribution in [0.4, 0.5) is 0 Å². The molecule has 1 atom stereocenters. The Bertz CT molecular complexity index is 883. The zero-order chi connectivity index (χ0) is 17.8. The first kappa shape index (κ1) is 17.5. The van der Waals surface area contributed by atoms with Crippen molar-refractivity contribution in [2.24, 2.45) is 0 Å². The Hall–Kier alpha value is -2.34. The van der Waals surface area contributed by atoms with Crippen LogP contribution in [-0.2, 0) is 0 Å². The van der Waals surface area contributed by atoms with Crippen molar-refractivity contribution in [2.75, 3.05) is 0 Å². The molecule has 0 heterocycles. The fourth-order valence-electron chi connectivity index (χ4n) is 3.27. The van der Waals surface area contributed by atoms with Gasteiger partial charge in [0.1, 0.15) is 0 Å². The molecule has 1 unspecified atom stereocenters. The van der Waals surface area contributed by atoms with Crippen LogP contribution < -0.4 is 0 Å². The number of benzene rings is 3. The highest BCUT2D eigenvalue weighted by molar-refractivity contribution is 5.86. The van der Waals surface area contributed by atoms with E-state index in [1.165, 1.54) is 33.0 Å². The molecule has 0 amide bonds. The molecule has 0 spiro atoms. The highest BCUT2D eigenvalue weighted by atomic mass is 14.1. The fraction of sp³-hybridized carbons (Fsp3) is 0.280. The molecule has 0 saturated heterocycles. The molecule has 0 radical (unpaired) electrons. The third kappa shape index (κ3) is 4.20. The normalized spacial score (nSPS) is 13.4. The van der Waals surface area contributed by atoms with Crippen LogP contribution in [-0.4, -0.2) is 0 Å². The minimum atomic E-state index is 0.536. The molecule has 0 aromatic heterocycles. The zero-order valence-electron chi connectivity index (χ0n) is 15.8. The topological polar surface area (TPSA) is 0 Å². The lowest BCUT2D eigenvalue weighted by molar-refractivity contribution is 0.773. The first-order valence-corrected chi connectivity index (χ1v) is 9.30. The minimum Gasteiger partial charge on any atom is -0.0804 e. The Labute approximate surface area is 152 Å². The van der Waals surface area contributed by atoms with Gasteiger partial charge < -0.3 is 0 Å². The summed E-state index contributed by atoms with van der Waals surface area (Å²) >= 11 is 0. The molecule has 0 nitrogen and oxygen atoms in total. The third-order valence-corrected chi connectivity index (χ3v) is 5.13. The monoisotopic (exact) mass is 328 g/mol. The van der Waals surface area contributed by atoms with Gasteiger partial charge in [-0.2, -0.15) is 0 Å². The Morgan fingerprint density at radius 2 is 1.52 bits per heavy atom. The molecule has 0 N–H and O–H groups in total. The van der Waals surface area contributed by atoms with Gasteiger partial charge in [0, 0.05) is 0 Å². The van der Waals surface area contributed by atoms with Gasteiger partial charge in [0.2, 0.25) is 0 Å². The maximum atomic E-state index is 2.39. The molecular formula is C25H28. The summed E-state index contributed by atoms with van der Waals surface area (Å²) in [4.78, 5) is 0. The van der Waals surface area contributed by atoms with Crippen molar-refractivity contribution in [3.05, 3.63) is 89.5 Å². The Morgan fingerprint density at radius 1 is 0.800 bits per heavy atom. The van der Waals surface area contributed by atoms with E-state index in [1.807, 2.05) is 0 Å². The van der Waals surface area contributed by atoms with Crippen LogP contribution in [0.2, 0.25) is 0 Å². The maximum absolute atomic E-state index is 2.39. The lowest BCUT2D eigenvalue weighted by Crippen LogP contribution is -1.95. The fourth-order valence-corrected chi connectivity index (χ4v) is 3.27. The molecule has 0 aliphatic carbocycles. The van der Waals surface area contributed by atoms with Crippen LogP contribution in [0.3, 0.4) is 0 Å². The summed E-state index contributed by atoms with van der Waals surface area (Å²) in [5, 5.41) is 2.61. The quantitative estimate of drug-likeness (QED) is 0.453. The van der Waals surface area contributed by atoms with E-state index in [-0.39, 0.29) is 0 Å². The summed E-state index contributed by atoms with van der Waals surface area (Å²) in [6.45, 7) is 9.06. The number of fused-ring (bicyclic) bond motifs is 1. The number of hydrogen-bond acceptors (Lipinski definition) is 0. The molecule has 3 rings (SSSR count). The summed E-state index contributed by atoms with van der Waals surface area (Å²) < 4.78 is 0. The average Bonchev–Trinajstić information content (AvgIpc) is 2.65. The smallest absolute Gasteiger partial charge is 0.0155 e. The summed E-state index contributed by atoms with van der Waals surface area (Å²) in [5.41, 5.74) is 5.55. The zero-order valence-corrected chi connectivity index (χ0v) is 15.8. The molecule has 3 aromatic carbocycles. The SMILES string of the molecule is CC(=CCC(C)c1cccc(C(C)C)c1)c1ccc2ccccc2c1. The van der Waals surface area contributed by atoms with Crippen LogP contribution in [0, 0.1) is 0 Å². The van der Waals surface area contributed by atoms with Crippen LogP contribution in [0.1, 0.15) is 62.6 Å². The Morgan fingerprint density at radius 3 is 2.28 bits per heavy atom. The highest BCUT2D eigenvalue weighted by Crippen LogP contribution is 2.26. The lowest BCUT2D eigenvalue weighted by atomic mass is 9.92. The van der Waals surface area contributed by atoms with E-state index in [1.54, 1.807) is 0 Å². The largest absolute Gasteiger partial charge is 0.0804 e. The van der Waals surface area contributed by atoms with Crippen molar-refractivity contribution in [2.45, 2.75) is 46.0 Å². The van der Waals surface area contributed by atoms with Crippen molar-refractivity contribution in [1.29, 1.82) is 0 Å². The molecular weight excluding hydrogens is 300 g/mol. The summed E-state index contributed by atoms with van der Waals surface area (Å²) in [7, 11) is 0. The van der Waals surface area contributed by atoms with Crippen molar-refractivity contribution >= 4 is 16.3 Å². The number of rotatable bonds is 5. The number of hydrogen-bond donors (Lipinski definition) is 0. The van der Waals surface area contributed by atoms with Crippen molar-refractivity contribution in [3.63, 3.8) is 0 Å². The molecule has 0 aliphatic heterocycles. The second kappa shape index (κ2) is 7.70. The van der Waals surface area contributed by atoms with Gasteiger partial charge in [-0.05, 0) is 64.3 Å². The molecule has 25 heavy (non-hydrogen) atoms. The summed E-state index contributed by atoms with van der Waals surface area (Å²) in [6, 6.07) is 24.4. The Balaban J connectivity index is 1.76. The third-order valence-electron chi connectivity index (χ3n) is 5.13. The van der Waals surface area contributed by atoms with Crippen molar-refractivity contribution in [3.8, 4) is 0 Å². The van der Waals surface area contributed by atoms with Crippen molar-refractivity contribution < 1.29 is 0 Å². The van der Waals surface area contributed by atoms with E-state index in [2.05, 4.69) is 101 Å². The van der Waals surface area contributed by atoms with E-state index in [4.69, 9.17) is 0 Å². The maximum Gasteiger partial charge on any atom is -0.0155 e. The molecule has 3 aromatic rings. The highest BCUT2D eigenvalue weighted by Gasteiger charge is 2.07. The van der Waals surface area contributed by atoms with Crippen LogP contribution in [0.15, 0.2) is 72.8 Å². The van der Waals surface area contributed by atoms with E-state index in [0.717, 1.165) is 6.42 Å². The first-order valence-electron chi connectivity index (χ1n) is 9.30. The minimum absolute atomic E-state index is 0.536. The van der Waals surface area contributed by atoms with Crippen LogP contribution in [0.5, 0.6) is 0 Å². The van der Waals surface area contributed by atoms with E-state index < -0.39 is 0 Å². The van der Waals surface area contributed by atoms with Gasteiger partial charge in [-0.15, -0.1) is 0 Å². The number of allylic oxidation sites excluding steroid dienone is 2. The molecule has 128 valence electrons. The van der Waals surface area contributed by atoms with Crippen LogP contribution >= 0.6 is 0 Å². The van der Waals surface area contributed by atoms with Gasteiger partial charge in [0.25, 0.3) is 0 Å². The van der Waals surface area contributed by atoms with Crippen molar-refractivity contribution in [1.82, 2.24) is 0 Å².